The molecule has 0 fully saturated rings. The number of carbonyl (C=O) groups excluding carboxylic acids is 1. The van der Waals surface area contributed by atoms with Crippen molar-refractivity contribution in [2.45, 2.75) is 245 Å². The van der Waals surface area contributed by atoms with E-state index in [1.807, 2.05) is 18.7 Å². The third-order valence-corrected chi connectivity index (χ3v) is 10.7. The van der Waals surface area contributed by atoms with Crippen LogP contribution in [0.15, 0.2) is 18.7 Å². The van der Waals surface area contributed by atoms with Crippen LogP contribution in [-0.4, -0.2) is 50.8 Å². The number of aliphatic hydroxyl groups excluding tert-OH is 1. The Kier molecular flexibility index (Phi) is 32.3. The van der Waals surface area contributed by atoms with E-state index in [1.165, 1.54) is 135 Å². The largest absolute Gasteiger partial charge is 0.462 e. The summed E-state index contributed by atoms with van der Waals surface area (Å²) in [6, 6.07) is 0. The number of aliphatic hydroxyl groups is 1. The highest BCUT2D eigenvalue weighted by Crippen LogP contribution is 2.20. The van der Waals surface area contributed by atoms with Crippen LogP contribution in [0.5, 0.6) is 0 Å². The number of hydrogen-bond donors (Lipinski definition) is 1. The highest BCUT2D eigenvalue weighted by atomic mass is 16.5. The molecule has 0 aliphatic carbocycles. The van der Waals surface area contributed by atoms with Crippen molar-refractivity contribution in [3.8, 4) is 0 Å². The van der Waals surface area contributed by atoms with E-state index in [0.717, 1.165) is 64.3 Å². The van der Waals surface area contributed by atoms with Gasteiger partial charge in [-0.1, -0.05) is 168 Å². The Bertz CT molecular complexity index is 816. The van der Waals surface area contributed by atoms with Crippen LogP contribution in [0.2, 0.25) is 0 Å². The molecular formula is C44H85N3O3. The molecule has 50 heavy (non-hydrogen) atoms. The molecule has 2 atom stereocenters. The average Bonchev–Trinajstić information content (AvgIpc) is 3.66. The average molecular weight is 704 g/mol. The standard InChI is InChI=1S/C44H85N3O3/c1-5-8-11-14-17-18-19-20-22-27-32-42(48)39-46(41(4)47-38-36-45-40-47)37-31-26-21-25-30-35-44(49)50-43(33-28-23-15-12-9-6-2)34-29-24-16-13-10-7-3/h36,38,40-43,48H,5-35,37,39H2,1-4H3. The Morgan fingerprint density at radius 2 is 1.08 bits per heavy atom. The number of hydrogen-bond acceptors (Lipinski definition) is 5. The normalized spacial score (nSPS) is 13.0. The monoisotopic (exact) mass is 704 g/mol. The van der Waals surface area contributed by atoms with E-state index in [4.69, 9.17) is 4.74 Å². The Morgan fingerprint density at radius 1 is 0.640 bits per heavy atom. The van der Waals surface area contributed by atoms with Crippen molar-refractivity contribution in [3.05, 3.63) is 18.7 Å². The summed E-state index contributed by atoms with van der Waals surface area (Å²) in [5.41, 5.74) is 0. The fraction of sp³-hybridized carbons (Fsp3) is 0.909. The van der Waals surface area contributed by atoms with Crippen LogP contribution in [0.3, 0.4) is 0 Å². The van der Waals surface area contributed by atoms with Crippen molar-refractivity contribution < 1.29 is 14.6 Å². The topological polar surface area (TPSA) is 67.6 Å². The summed E-state index contributed by atoms with van der Waals surface area (Å²) in [5, 5.41) is 10.9. The van der Waals surface area contributed by atoms with Gasteiger partial charge in [0.15, 0.2) is 0 Å². The second-order valence-electron chi connectivity index (χ2n) is 15.5. The molecule has 0 amide bonds. The molecular weight excluding hydrogens is 619 g/mol. The molecule has 0 saturated carbocycles. The summed E-state index contributed by atoms with van der Waals surface area (Å²) in [7, 11) is 0. The van der Waals surface area contributed by atoms with Gasteiger partial charge in [-0.2, -0.15) is 0 Å². The summed E-state index contributed by atoms with van der Waals surface area (Å²) >= 11 is 0. The van der Waals surface area contributed by atoms with Gasteiger partial charge in [-0.3, -0.25) is 9.69 Å². The fourth-order valence-corrected chi connectivity index (χ4v) is 7.27. The van der Waals surface area contributed by atoms with Gasteiger partial charge in [0, 0.05) is 31.9 Å². The number of nitrogens with zero attached hydrogens (tertiary/aromatic N) is 3. The molecule has 0 radical (unpaired) electrons. The first-order chi connectivity index (χ1) is 24.5. The highest BCUT2D eigenvalue weighted by molar-refractivity contribution is 5.69. The summed E-state index contributed by atoms with van der Waals surface area (Å²) < 4.78 is 8.20. The van der Waals surface area contributed by atoms with Gasteiger partial charge >= 0.3 is 5.97 Å². The Balaban J connectivity index is 2.32. The lowest BCUT2D eigenvalue weighted by atomic mass is 10.0. The molecule has 0 bridgehead atoms. The molecule has 294 valence electrons. The molecule has 0 aromatic carbocycles. The maximum Gasteiger partial charge on any atom is 0.306 e. The van der Waals surface area contributed by atoms with Gasteiger partial charge in [-0.15, -0.1) is 0 Å². The quantitative estimate of drug-likeness (QED) is 0.0548. The Labute approximate surface area is 311 Å². The van der Waals surface area contributed by atoms with Gasteiger partial charge in [0.2, 0.25) is 0 Å². The molecule has 0 spiro atoms. The number of esters is 1. The molecule has 6 nitrogen and oxygen atoms in total. The molecule has 0 aliphatic rings. The minimum Gasteiger partial charge on any atom is -0.462 e. The highest BCUT2D eigenvalue weighted by Gasteiger charge is 2.19. The third kappa shape index (κ3) is 27.3. The number of rotatable bonds is 38. The van der Waals surface area contributed by atoms with Crippen LogP contribution in [0.25, 0.3) is 0 Å². The maximum absolute atomic E-state index is 12.8. The zero-order valence-corrected chi connectivity index (χ0v) is 33.9. The van der Waals surface area contributed by atoms with Crippen LogP contribution in [-0.2, 0) is 9.53 Å². The minimum atomic E-state index is -0.285. The van der Waals surface area contributed by atoms with E-state index >= 15 is 0 Å². The predicted octanol–water partition coefficient (Wildman–Crippen LogP) is 13.1. The van der Waals surface area contributed by atoms with Crippen molar-refractivity contribution in [1.82, 2.24) is 14.5 Å². The lowest BCUT2D eigenvalue weighted by Crippen LogP contribution is -2.37. The SMILES string of the molecule is CCCCCCCCCCCCC(O)CN(CCCCCCCC(=O)OC(CCCCCCCC)CCCCCCCC)C(C)n1ccnc1. The molecule has 0 saturated heterocycles. The van der Waals surface area contributed by atoms with Crippen LogP contribution in [0.4, 0.5) is 0 Å². The lowest BCUT2D eigenvalue weighted by molar-refractivity contribution is -0.150. The van der Waals surface area contributed by atoms with Crippen LogP contribution >= 0.6 is 0 Å². The first-order valence-electron chi connectivity index (χ1n) is 22.1. The van der Waals surface area contributed by atoms with Gasteiger partial charge in [0.1, 0.15) is 6.10 Å². The summed E-state index contributed by atoms with van der Waals surface area (Å²) in [4.78, 5) is 19.5. The first kappa shape index (κ1) is 46.6. The van der Waals surface area contributed by atoms with Gasteiger partial charge in [0.25, 0.3) is 0 Å². The van der Waals surface area contributed by atoms with E-state index < -0.39 is 0 Å². The Morgan fingerprint density at radius 3 is 1.56 bits per heavy atom. The fourth-order valence-electron chi connectivity index (χ4n) is 7.27. The number of unbranched alkanes of at least 4 members (excludes halogenated alkanes) is 23. The molecule has 2 unspecified atom stereocenters. The van der Waals surface area contributed by atoms with E-state index in [-0.39, 0.29) is 24.3 Å². The van der Waals surface area contributed by atoms with E-state index in [0.29, 0.717) is 13.0 Å². The second-order valence-corrected chi connectivity index (χ2v) is 15.5. The Hall–Kier alpha value is -1.40. The van der Waals surface area contributed by atoms with E-state index in [1.54, 1.807) is 0 Å². The van der Waals surface area contributed by atoms with Gasteiger partial charge < -0.3 is 14.4 Å². The molecule has 1 rings (SSSR count). The molecule has 0 aliphatic heterocycles. The van der Waals surface area contributed by atoms with Crippen LogP contribution < -0.4 is 0 Å². The van der Waals surface area contributed by atoms with Crippen LogP contribution in [0, 0.1) is 0 Å². The predicted molar refractivity (Wildman–Crippen MR) is 215 cm³/mol. The summed E-state index contributed by atoms with van der Waals surface area (Å²) in [5.74, 6) is 0.0173. The second kappa shape index (κ2) is 34.7. The smallest absolute Gasteiger partial charge is 0.306 e. The first-order valence-corrected chi connectivity index (χ1v) is 22.1. The third-order valence-electron chi connectivity index (χ3n) is 10.7. The summed E-state index contributed by atoms with van der Waals surface area (Å²) in [6.07, 6.45) is 43.3. The van der Waals surface area contributed by atoms with E-state index in [2.05, 4.69) is 42.1 Å². The van der Waals surface area contributed by atoms with Gasteiger partial charge in [-0.25, -0.2) is 4.98 Å². The molecule has 6 heteroatoms. The minimum absolute atomic E-state index is 0.0173. The number of aromatic nitrogens is 2. The van der Waals surface area contributed by atoms with Crippen LogP contribution in [0.1, 0.15) is 233 Å². The molecule has 1 aromatic rings. The van der Waals surface area contributed by atoms with Crippen molar-refractivity contribution in [2.75, 3.05) is 13.1 Å². The van der Waals surface area contributed by atoms with E-state index in [9.17, 15) is 9.90 Å². The van der Waals surface area contributed by atoms with Crippen molar-refractivity contribution >= 4 is 5.97 Å². The number of carbonyl (C=O) groups is 1. The molecule has 1 heterocycles. The lowest BCUT2D eigenvalue weighted by Gasteiger charge is -2.31. The zero-order chi connectivity index (χ0) is 36.3. The summed E-state index contributed by atoms with van der Waals surface area (Å²) in [6.45, 7) is 10.7. The molecule has 1 N–H and O–H groups in total. The zero-order valence-electron chi connectivity index (χ0n) is 33.9. The number of imidazole rings is 1. The number of ether oxygens (including phenoxy) is 1. The van der Waals surface area contributed by atoms with Gasteiger partial charge in [0.05, 0.1) is 18.6 Å². The van der Waals surface area contributed by atoms with Crippen molar-refractivity contribution in [2.24, 2.45) is 0 Å². The van der Waals surface area contributed by atoms with Crippen molar-refractivity contribution in [3.63, 3.8) is 0 Å². The molecule has 1 aromatic heterocycles. The van der Waals surface area contributed by atoms with Crippen molar-refractivity contribution in [1.29, 1.82) is 0 Å². The van der Waals surface area contributed by atoms with Gasteiger partial charge in [-0.05, 0) is 51.9 Å². The maximum atomic E-state index is 12.8.